The molecule has 27 heavy (non-hydrogen) atoms. The van der Waals surface area contributed by atoms with E-state index in [0.717, 1.165) is 32.0 Å². The summed E-state index contributed by atoms with van der Waals surface area (Å²) in [7, 11) is 0. The molecular formula is C21H22FN5. The van der Waals surface area contributed by atoms with E-state index in [4.69, 9.17) is 0 Å². The Morgan fingerprint density at radius 2 is 1.67 bits per heavy atom. The predicted molar refractivity (Wildman–Crippen MR) is 107 cm³/mol. The minimum atomic E-state index is -0.301. The maximum atomic E-state index is 13.8. The van der Waals surface area contributed by atoms with Gasteiger partial charge in [-0.2, -0.15) is 0 Å². The zero-order chi connectivity index (χ0) is 18.6. The third-order valence-electron chi connectivity index (χ3n) is 4.76. The summed E-state index contributed by atoms with van der Waals surface area (Å²) in [6.07, 6.45) is 1.52. The topological polar surface area (TPSA) is 44.3 Å². The Hall–Kier alpha value is -3.15. The van der Waals surface area contributed by atoms with Gasteiger partial charge in [0, 0.05) is 37.9 Å². The maximum absolute atomic E-state index is 13.8. The van der Waals surface area contributed by atoms with E-state index in [0.29, 0.717) is 11.5 Å². The molecule has 0 atom stereocenters. The van der Waals surface area contributed by atoms with E-state index in [-0.39, 0.29) is 5.82 Å². The van der Waals surface area contributed by atoms with Crippen LogP contribution in [0.4, 0.5) is 27.4 Å². The number of aromatic nitrogens is 2. The van der Waals surface area contributed by atoms with Crippen molar-refractivity contribution in [3.63, 3.8) is 0 Å². The van der Waals surface area contributed by atoms with Crippen LogP contribution in [0.15, 0.2) is 60.9 Å². The van der Waals surface area contributed by atoms with E-state index in [9.17, 15) is 4.39 Å². The number of halogens is 1. The molecule has 0 radical (unpaired) electrons. The number of para-hydroxylation sites is 1. The number of hydrogen-bond acceptors (Lipinski definition) is 5. The first kappa shape index (κ1) is 17.3. The Morgan fingerprint density at radius 1 is 0.889 bits per heavy atom. The number of aryl methyl sites for hydroxylation is 1. The van der Waals surface area contributed by atoms with Crippen LogP contribution in [0.3, 0.4) is 0 Å². The van der Waals surface area contributed by atoms with Gasteiger partial charge in [0.1, 0.15) is 23.8 Å². The molecule has 0 amide bonds. The lowest BCUT2D eigenvalue weighted by molar-refractivity contribution is 0.631. The Balaban J connectivity index is 1.43. The van der Waals surface area contributed by atoms with E-state index < -0.39 is 0 Å². The van der Waals surface area contributed by atoms with E-state index in [1.54, 1.807) is 18.2 Å². The molecule has 2 heterocycles. The summed E-state index contributed by atoms with van der Waals surface area (Å²) < 4.78 is 13.8. The van der Waals surface area contributed by atoms with Gasteiger partial charge in [0.2, 0.25) is 0 Å². The molecule has 0 unspecified atom stereocenters. The summed E-state index contributed by atoms with van der Waals surface area (Å²) in [6.45, 7) is 5.74. The second kappa shape index (κ2) is 7.61. The molecule has 0 spiro atoms. The van der Waals surface area contributed by atoms with Gasteiger partial charge >= 0.3 is 0 Å². The number of rotatable bonds is 4. The van der Waals surface area contributed by atoms with Crippen molar-refractivity contribution in [2.24, 2.45) is 0 Å². The first-order valence-electron chi connectivity index (χ1n) is 9.09. The predicted octanol–water partition coefficient (Wildman–Crippen LogP) is 3.99. The standard InChI is InChI=1S/C21H22FN5/c1-16-5-4-6-17(13-16)26-9-11-27(12-10-26)21-14-20(23-15-24-21)25-19-8-3-2-7-18(19)22/h2-8,13-15H,9-12H2,1H3,(H,23,24,25). The minimum Gasteiger partial charge on any atom is -0.368 e. The van der Waals surface area contributed by atoms with Gasteiger partial charge in [0.15, 0.2) is 0 Å². The molecule has 1 aliphatic rings. The molecule has 0 bridgehead atoms. The van der Waals surface area contributed by atoms with Gasteiger partial charge in [-0.15, -0.1) is 0 Å². The molecule has 6 heteroatoms. The zero-order valence-electron chi connectivity index (χ0n) is 15.3. The first-order chi connectivity index (χ1) is 13.2. The van der Waals surface area contributed by atoms with Crippen LogP contribution in [0.2, 0.25) is 0 Å². The van der Waals surface area contributed by atoms with E-state index >= 15 is 0 Å². The van der Waals surface area contributed by atoms with Crippen molar-refractivity contribution >= 4 is 23.0 Å². The highest BCUT2D eigenvalue weighted by atomic mass is 19.1. The zero-order valence-corrected chi connectivity index (χ0v) is 15.3. The smallest absolute Gasteiger partial charge is 0.146 e. The third-order valence-corrected chi connectivity index (χ3v) is 4.76. The van der Waals surface area contributed by atoms with Gasteiger partial charge in [-0.3, -0.25) is 0 Å². The molecular weight excluding hydrogens is 341 g/mol. The summed E-state index contributed by atoms with van der Waals surface area (Å²) >= 11 is 0. The molecule has 1 N–H and O–H groups in total. The molecule has 1 aliphatic heterocycles. The maximum Gasteiger partial charge on any atom is 0.146 e. The number of benzene rings is 2. The minimum absolute atomic E-state index is 0.301. The summed E-state index contributed by atoms with van der Waals surface area (Å²) in [5, 5.41) is 3.03. The van der Waals surface area contributed by atoms with Crippen LogP contribution in [-0.4, -0.2) is 36.1 Å². The Bertz CT molecular complexity index is 922. The highest BCUT2D eigenvalue weighted by Crippen LogP contribution is 2.23. The van der Waals surface area contributed by atoms with Crippen LogP contribution in [0, 0.1) is 12.7 Å². The Kier molecular flexibility index (Phi) is 4.87. The number of hydrogen-bond donors (Lipinski definition) is 1. The van der Waals surface area contributed by atoms with Crippen LogP contribution in [0.1, 0.15) is 5.56 Å². The van der Waals surface area contributed by atoms with E-state index in [1.807, 2.05) is 6.07 Å². The normalized spacial score (nSPS) is 14.3. The summed E-state index contributed by atoms with van der Waals surface area (Å²) in [6, 6.07) is 17.0. The van der Waals surface area contributed by atoms with Crippen LogP contribution in [0.5, 0.6) is 0 Å². The van der Waals surface area contributed by atoms with Crippen molar-refractivity contribution < 1.29 is 4.39 Å². The van der Waals surface area contributed by atoms with Crippen LogP contribution in [0.25, 0.3) is 0 Å². The van der Waals surface area contributed by atoms with Gasteiger partial charge in [0.25, 0.3) is 0 Å². The molecule has 0 saturated carbocycles. The lowest BCUT2D eigenvalue weighted by atomic mass is 10.2. The Morgan fingerprint density at radius 3 is 2.44 bits per heavy atom. The number of nitrogens with one attached hydrogen (secondary N) is 1. The highest BCUT2D eigenvalue weighted by molar-refractivity contribution is 5.60. The molecule has 1 saturated heterocycles. The van der Waals surface area contributed by atoms with Gasteiger partial charge < -0.3 is 15.1 Å². The van der Waals surface area contributed by atoms with E-state index in [1.165, 1.54) is 23.6 Å². The number of anilines is 4. The SMILES string of the molecule is Cc1cccc(N2CCN(c3cc(Nc4ccccc4F)ncn3)CC2)c1. The lowest BCUT2D eigenvalue weighted by Crippen LogP contribution is -2.46. The van der Waals surface area contributed by atoms with Gasteiger partial charge in [-0.25, -0.2) is 14.4 Å². The highest BCUT2D eigenvalue weighted by Gasteiger charge is 2.19. The molecule has 1 fully saturated rings. The fourth-order valence-corrected chi connectivity index (χ4v) is 3.31. The van der Waals surface area contributed by atoms with Crippen molar-refractivity contribution in [3.8, 4) is 0 Å². The summed E-state index contributed by atoms with van der Waals surface area (Å²) in [5.41, 5.74) is 2.94. The van der Waals surface area contributed by atoms with Crippen LogP contribution < -0.4 is 15.1 Å². The molecule has 5 nitrogen and oxygen atoms in total. The second-order valence-electron chi connectivity index (χ2n) is 6.68. The number of piperazine rings is 1. The average molecular weight is 363 g/mol. The number of nitrogens with zero attached hydrogens (tertiary/aromatic N) is 4. The van der Waals surface area contributed by atoms with Crippen molar-refractivity contribution in [1.29, 1.82) is 0 Å². The molecule has 138 valence electrons. The first-order valence-corrected chi connectivity index (χ1v) is 9.09. The van der Waals surface area contributed by atoms with Crippen molar-refractivity contribution in [2.75, 3.05) is 41.3 Å². The summed E-state index contributed by atoms with van der Waals surface area (Å²) in [4.78, 5) is 13.2. The van der Waals surface area contributed by atoms with Crippen molar-refractivity contribution in [2.45, 2.75) is 6.92 Å². The van der Waals surface area contributed by atoms with Crippen LogP contribution >= 0.6 is 0 Å². The quantitative estimate of drug-likeness (QED) is 0.759. The molecule has 2 aromatic carbocycles. The molecule has 4 rings (SSSR count). The second-order valence-corrected chi connectivity index (χ2v) is 6.68. The molecule has 1 aromatic heterocycles. The van der Waals surface area contributed by atoms with Gasteiger partial charge in [0.05, 0.1) is 5.69 Å². The van der Waals surface area contributed by atoms with E-state index in [2.05, 4.69) is 56.3 Å². The fourth-order valence-electron chi connectivity index (χ4n) is 3.31. The average Bonchev–Trinajstić information content (AvgIpc) is 2.70. The monoisotopic (exact) mass is 363 g/mol. The largest absolute Gasteiger partial charge is 0.368 e. The Labute approximate surface area is 158 Å². The van der Waals surface area contributed by atoms with Gasteiger partial charge in [-0.1, -0.05) is 24.3 Å². The third kappa shape index (κ3) is 4.00. The van der Waals surface area contributed by atoms with Crippen molar-refractivity contribution in [3.05, 3.63) is 72.3 Å². The summed E-state index contributed by atoms with van der Waals surface area (Å²) in [5.74, 6) is 1.14. The van der Waals surface area contributed by atoms with Crippen LogP contribution in [-0.2, 0) is 0 Å². The van der Waals surface area contributed by atoms with Crippen molar-refractivity contribution in [1.82, 2.24) is 9.97 Å². The fraction of sp³-hybridized carbons (Fsp3) is 0.238. The molecule has 3 aromatic rings. The molecule has 0 aliphatic carbocycles. The lowest BCUT2D eigenvalue weighted by Gasteiger charge is -2.36. The van der Waals surface area contributed by atoms with Gasteiger partial charge in [-0.05, 0) is 36.8 Å².